The van der Waals surface area contributed by atoms with Gasteiger partial charge in [0, 0.05) is 33.6 Å². The molecule has 26 heavy (non-hydrogen) atoms. The fourth-order valence-electron chi connectivity index (χ4n) is 2.66. The smallest absolute Gasteiger partial charge is 0.182 e. The summed E-state index contributed by atoms with van der Waals surface area (Å²) in [7, 11) is 0. The van der Waals surface area contributed by atoms with Gasteiger partial charge in [0.25, 0.3) is 0 Å². The molecule has 2 aromatic carbocycles. The monoisotopic (exact) mass is 460 g/mol. The lowest BCUT2D eigenvalue weighted by atomic mass is 9.99. The molecule has 0 aliphatic rings. The number of aryl methyl sites for hydroxylation is 1. The normalized spacial score (nSPS) is 10.6. The third-order valence-corrected chi connectivity index (χ3v) is 4.78. The van der Waals surface area contributed by atoms with Gasteiger partial charge in [-0.3, -0.25) is 9.78 Å². The maximum atomic E-state index is 14.1. The topological polar surface area (TPSA) is 42.0 Å². The van der Waals surface area contributed by atoms with Crippen LogP contribution in [0.3, 0.4) is 0 Å². The minimum atomic E-state index is -0.267. The molecule has 0 atom stereocenters. The van der Waals surface area contributed by atoms with E-state index in [1.165, 1.54) is 6.07 Å². The number of Topliss-reactive ketones (excluding diaryl/α,β-unsaturated/α-hetero) is 1. The molecule has 0 saturated heterocycles. The second kappa shape index (κ2) is 8.40. The van der Waals surface area contributed by atoms with Crippen molar-refractivity contribution in [1.82, 2.24) is 4.98 Å². The molecule has 0 bridgehead atoms. The minimum absolute atomic E-state index is 0.0473. The lowest BCUT2D eigenvalue weighted by Gasteiger charge is -2.11. The van der Waals surface area contributed by atoms with Gasteiger partial charge < -0.3 is 5.32 Å². The molecule has 0 unspecified atom stereocenters. The highest BCUT2D eigenvalue weighted by Gasteiger charge is 2.13. The molecule has 0 saturated carbocycles. The van der Waals surface area contributed by atoms with Crippen LogP contribution < -0.4 is 5.32 Å². The van der Waals surface area contributed by atoms with Crippen molar-refractivity contribution in [2.45, 2.75) is 13.3 Å². The molecule has 1 heterocycles. The summed E-state index contributed by atoms with van der Waals surface area (Å²) in [5.41, 5.74) is 3.90. The number of hydrogen-bond acceptors (Lipinski definition) is 3. The highest BCUT2D eigenvalue weighted by Crippen LogP contribution is 2.19. The second-order valence-electron chi connectivity index (χ2n) is 6.09. The number of rotatable bonds is 6. The molecule has 3 rings (SSSR count). The standard InChI is InChI=1S/C21H18FIN2O/c1-14-2-6-18(7-3-14)25-13-21(26)19-8-9-24-12-16(19)10-15-4-5-17(23)11-20(15)22/h2-9,11-12,25H,10,13H2,1H3. The Balaban J connectivity index is 1.75. The van der Waals surface area contributed by atoms with Gasteiger partial charge in [0.05, 0.1) is 6.54 Å². The van der Waals surface area contributed by atoms with Gasteiger partial charge in [0.1, 0.15) is 5.82 Å². The van der Waals surface area contributed by atoms with E-state index in [4.69, 9.17) is 0 Å². The number of hydrogen-bond donors (Lipinski definition) is 1. The van der Waals surface area contributed by atoms with Gasteiger partial charge in [-0.25, -0.2) is 4.39 Å². The molecule has 1 N–H and O–H groups in total. The van der Waals surface area contributed by atoms with E-state index in [0.29, 0.717) is 17.5 Å². The maximum Gasteiger partial charge on any atom is 0.182 e. The number of ketones is 1. The van der Waals surface area contributed by atoms with E-state index in [1.807, 2.05) is 37.3 Å². The Morgan fingerprint density at radius 1 is 1.12 bits per heavy atom. The number of carbonyl (C=O) groups excluding carboxylic acids is 1. The molecular formula is C21H18FIN2O. The summed E-state index contributed by atoms with van der Waals surface area (Å²) in [6, 6.07) is 14.7. The number of halogens is 2. The first-order valence-electron chi connectivity index (χ1n) is 8.23. The number of benzene rings is 2. The van der Waals surface area contributed by atoms with Gasteiger partial charge in [-0.2, -0.15) is 0 Å². The fourth-order valence-corrected chi connectivity index (χ4v) is 3.11. The largest absolute Gasteiger partial charge is 0.378 e. The number of nitrogens with zero attached hydrogens (tertiary/aromatic N) is 1. The number of nitrogens with one attached hydrogen (secondary N) is 1. The first-order valence-corrected chi connectivity index (χ1v) is 9.31. The van der Waals surface area contributed by atoms with Gasteiger partial charge in [-0.15, -0.1) is 0 Å². The molecule has 132 valence electrons. The number of aromatic nitrogens is 1. The molecule has 3 nitrogen and oxygen atoms in total. The minimum Gasteiger partial charge on any atom is -0.378 e. The van der Waals surface area contributed by atoms with Gasteiger partial charge in [0.15, 0.2) is 5.78 Å². The van der Waals surface area contributed by atoms with Crippen LogP contribution in [-0.2, 0) is 6.42 Å². The van der Waals surface area contributed by atoms with E-state index >= 15 is 0 Å². The quantitative estimate of drug-likeness (QED) is 0.415. The molecular weight excluding hydrogens is 442 g/mol. The molecule has 1 aromatic heterocycles. The Labute approximate surface area is 165 Å². The predicted octanol–water partition coefficient (Wildman–Crippen LogP) is 5.02. The molecule has 3 aromatic rings. The lowest BCUT2D eigenvalue weighted by Crippen LogP contribution is -2.16. The van der Waals surface area contributed by atoms with Crippen LogP contribution >= 0.6 is 22.6 Å². The first kappa shape index (κ1) is 18.5. The maximum absolute atomic E-state index is 14.1. The Bertz CT molecular complexity index is 926. The molecule has 0 aliphatic heterocycles. The highest BCUT2D eigenvalue weighted by atomic mass is 127. The van der Waals surface area contributed by atoms with Crippen molar-refractivity contribution in [3.8, 4) is 0 Å². The van der Waals surface area contributed by atoms with Crippen LogP contribution in [0, 0.1) is 16.3 Å². The SMILES string of the molecule is Cc1ccc(NCC(=O)c2ccncc2Cc2ccc(I)cc2F)cc1. The van der Waals surface area contributed by atoms with E-state index in [9.17, 15) is 9.18 Å². The second-order valence-corrected chi connectivity index (χ2v) is 7.33. The van der Waals surface area contributed by atoms with Crippen molar-refractivity contribution >= 4 is 34.1 Å². The van der Waals surface area contributed by atoms with Gasteiger partial charge in [-0.05, 0) is 71.0 Å². The van der Waals surface area contributed by atoms with Crippen LogP contribution in [0.2, 0.25) is 0 Å². The molecule has 0 fully saturated rings. The van der Waals surface area contributed by atoms with Crippen LogP contribution in [0.1, 0.15) is 27.0 Å². The van der Waals surface area contributed by atoms with E-state index in [2.05, 4.69) is 32.9 Å². The molecule has 0 radical (unpaired) electrons. The van der Waals surface area contributed by atoms with Gasteiger partial charge in [-0.1, -0.05) is 23.8 Å². The van der Waals surface area contributed by atoms with Crippen LogP contribution in [0.25, 0.3) is 0 Å². The Morgan fingerprint density at radius 3 is 2.62 bits per heavy atom. The van der Waals surface area contributed by atoms with Gasteiger partial charge in [0.2, 0.25) is 0 Å². The zero-order valence-electron chi connectivity index (χ0n) is 14.3. The van der Waals surface area contributed by atoms with Crippen LogP contribution in [0.4, 0.5) is 10.1 Å². The summed E-state index contributed by atoms with van der Waals surface area (Å²) in [6.07, 6.45) is 3.56. The number of pyridine rings is 1. The summed E-state index contributed by atoms with van der Waals surface area (Å²) in [5.74, 6) is -0.314. The summed E-state index contributed by atoms with van der Waals surface area (Å²) < 4.78 is 15.0. The summed E-state index contributed by atoms with van der Waals surface area (Å²) in [4.78, 5) is 16.8. The van der Waals surface area contributed by atoms with E-state index < -0.39 is 0 Å². The molecule has 0 aliphatic carbocycles. The van der Waals surface area contributed by atoms with Crippen LogP contribution in [0.5, 0.6) is 0 Å². The zero-order chi connectivity index (χ0) is 18.5. The van der Waals surface area contributed by atoms with Crippen molar-refractivity contribution < 1.29 is 9.18 Å². The van der Waals surface area contributed by atoms with Crippen molar-refractivity contribution in [1.29, 1.82) is 0 Å². The fraction of sp³-hybridized carbons (Fsp3) is 0.143. The first-order chi connectivity index (χ1) is 12.5. The Kier molecular flexibility index (Phi) is 5.98. The van der Waals surface area contributed by atoms with Crippen molar-refractivity contribution in [3.63, 3.8) is 0 Å². The van der Waals surface area contributed by atoms with Crippen molar-refractivity contribution in [2.24, 2.45) is 0 Å². The van der Waals surface area contributed by atoms with E-state index in [0.717, 1.165) is 20.4 Å². The van der Waals surface area contributed by atoms with E-state index in [1.54, 1.807) is 24.5 Å². The molecule has 0 amide bonds. The average molecular weight is 460 g/mol. The number of carbonyl (C=O) groups is 1. The van der Waals surface area contributed by atoms with Crippen LogP contribution in [0.15, 0.2) is 60.9 Å². The summed E-state index contributed by atoms with van der Waals surface area (Å²) in [6.45, 7) is 2.19. The number of anilines is 1. The van der Waals surface area contributed by atoms with E-state index in [-0.39, 0.29) is 18.1 Å². The lowest BCUT2D eigenvalue weighted by molar-refractivity contribution is 0.100. The summed E-state index contributed by atoms with van der Waals surface area (Å²) in [5, 5.41) is 3.14. The highest BCUT2D eigenvalue weighted by molar-refractivity contribution is 14.1. The van der Waals surface area contributed by atoms with Crippen molar-refractivity contribution in [2.75, 3.05) is 11.9 Å². The Hall–Kier alpha value is -2.28. The van der Waals surface area contributed by atoms with Gasteiger partial charge >= 0.3 is 0 Å². The Morgan fingerprint density at radius 2 is 1.88 bits per heavy atom. The predicted molar refractivity (Wildman–Crippen MR) is 110 cm³/mol. The van der Waals surface area contributed by atoms with Crippen molar-refractivity contribution in [3.05, 3.63) is 92.6 Å². The third kappa shape index (κ3) is 4.66. The summed E-state index contributed by atoms with van der Waals surface area (Å²) >= 11 is 2.07. The zero-order valence-corrected chi connectivity index (χ0v) is 16.5. The molecule has 0 spiro atoms. The van der Waals surface area contributed by atoms with Crippen LogP contribution in [-0.4, -0.2) is 17.3 Å². The molecule has 5 heteroatoms. The average Bonchev–Trinajstić information content (AvgIpc) is 2.64. The third-order valence-electron chi connectivity index (χ3n) is 4.10.